The first-order valence-corrected chi connectivity index (χ1v) is 8.62. The van der Waals surface area contributed by atoms with Crippen molar-refractivity contribution < 1.29 is 5.11 Å². The standard InChI is InChI=1S/C18H27N3O/c1-2-19-12-18(13-19)14-20(9-15-6-4-3-5-7-15)10-16-8-17(22)11-21(16)18/h3-7,16-17,22H,2,8-14H2,1H3. The number of aliphatic hydroxyl groups excluding tert-OH is 1. The first kappa shape index (κ1) is 14.6. The quantitative estimate of drug-likeness (QED) is 0.902. The third kappa shape index (κ3) is 2.48. The van der Waals surface area contributed by atoms with Crippen molar-refractivity contribution >= 4 is 0 Å². The Morgan fingerprint density at radius 1 is 1.09 bits per heavy atom. The van der Waals surface area contributed by atoms with Crippen molar-refractivity contribution in [2.24, 2.45) is 0 Å². The zero-order chi connectivity index (χ0) is 15.2. The van der Waals surface area contributed by atoms with E-state index in [0.29, 0.717) is 6.04 Å². The Labute approximate surface area is 133 Å². The van der Waals surface area contributed by atoms with Crippen LogP contribution in [0, 0.1) is 0 Å². The number of piperazine rings is 1. The lowest BCUT2D eigenvalue weighted by Gasteiger charge is -2.61. The molecule has 0 bridgehead atoms. The molecule has 3 heterocycles. The summed E-state index contributed by atoms with van der Waals surface area (Å²) in [6.45, 7) is 9.86. The van der Waals surface area contributed by atoms with Crippen LogP contribution in [0.15, 0.2) is 30.3 Å². The van der Waals surface area contributed by atoms with Crippen molar-refractivity contribution in [1.82, 2.24) is 14.7 Å². The molecule has 0 aliphatic carbocycles. The summed E-state index contributed by atoms with van der Waals surface area (Å²) in [7, 11) is 0. The number of hydrogen-bond donors (Lipinski definition) is 1. The van der Waals surface area contributed by atoms with E-state index in [1.807, 2.05) is 0 Å². The molecule has 1 spiro atoms. The molecule has 3 fully saturated rings. The van der Waals surface area contributed by atoms with Gasteiger partial charge < -0.3 is 5.11 Å². The van der Waals surface area contributed by atoms with Crippen LogP contribution in [0.1, 0.15) is 18.9 Å². The molecular weight excluding hydrogens is 274 g/mol. The normalized spacial score (nSPS) is 32.1. The van der Waals surface area contributed by atoms with Gasteiger partial charge in [0.2, 0.25) is 0 Å². The molecule has 3 saturated heterocycles. The van der Waals surface area contributed by atoms with Gasteiger partial charge in [-0.3, -0.25) is 14.7 Å². The average molecular weight is 301 g/mol. The lowest BCUT2D eigenvalue weighted by molar-refractivity contribution is -0.113. The summed E-state index contributed by atoms with van der Waals surface area (Å²) >= 11 is 0. The smallest absolute Gasteiger partial charge is 0.0682 e. The molecule has 0 amide bonds. The third-order valence-electron chi connectivity index (χ3n) is 5.72. The zero-order valence-corrected chi connectivity index (χ0v) is 13.5. The molecule has 2 unspecified atom stereocenters. The van der Waals surface area contributed by atoms with E-state index in [1.54, 1.807) is 0 Å². The zero-order valence-electron chi connectivity index (χ0n) is 13.5. The largest absolute Gasteiger partial charge is 0.392 e. The lowest BCUT2D eigenvalue weighted by Crippen LogP contribution is -2.77. The van der Waals surface area contributed by atoms with E-state index in [9.17, 15) is 5.11 Å². The second-order valence-corrected chi connectivity index (χ2v) is 7.38. The highest BCUT2D eigenvalue weighted by molar-refractivity contribution is 5.17. The molecular formula is C18H27N3O. The van der Waals surface area contributed by atoms with Crippen LogP contribution in [0.4, 0.5) is 0 Å². The second-order valence-electron chi connectivity index (χ2n) is 7.38. The lowest BCUT2D eigenvalue weighted by atomic mass is 9.83. The SMILES string of the molecule is CCN1CC2(CN(Cc3ccccc3)CC3CC(O)CN32)C1. The maximum atomic E-state index is 10.1. The fraction of sp³-hybridized carbons (Fsp3) is 0.667. The van der Waals surface area contributed by atoms with Gasteiger partial charge in [-0.05, 0) is 18.5 Å². The van der Waals surface area contributed by atoms with E-state index in [2.05, 4.69) is 52.0 Å². The highest BCUT2D eigenvalue weighted by atomic mass is 16.3. The van der Waals surface area contributed by atoms with Gasteiger partial charge in [-0.25, -0.2) is 0 Å². The van der Waals surface area contributed by atoms with Crippen LogP contribution in [-0.4, -0.2) is 76.8 Å². The van der Waals surface area contributed by atoms with Crippen LogP contribution in [0.5, 0.6) is 0 Å². The summed E-state index contributed by atoms with van der Waals surface area (Å²) in [4.78, 5) is 7.76. The number of hydrogen-bond acceptors (Lipinski definition) is 4. The minimum absolute atomic E-state index is 0.130. The Morgan fingerprint density at radius 2 is 1.82 bits per heavy atom. The number of likely N-dealkylation sites (N-methyl/N-ethyl adjacent to an activating group) is 1. The van der Waals surface area contributed by atoms with Crippen LogP contribution in [0.2, 0.25) is 0 Å². The molecule has 1 aromatic rings. The molecule has 120 valence electrons. The maximum absolute atomic E-state index is 10.1. The van der Waals surface area contributed by atoms with Gasteiger partial charge in [-0.15, -0.1) is 0 Å². The van der Waals surface area contributed by atoms with E-state index in [-0.39, 0.29) is 11.6 Å². The van der Waals surface area contributed by atoms with Crippen molar-refractivity contribution in [2.45, 2.75) is 37.6 Å². The number of fused-ring (bicyclic) bond motifs is 2. The van der Waals surface area contributed by atoms with Crippen LogP contribution in [-0.2, 0) is 6.54 Å². The monoisotopic (exact) mass is 301 g/mol. The highest BCUT2D eigenvalue weighted by Crippen LogP contribution is 2.39. The molecule has 3 aliphatic rings. The van der Waals surface area contributed by atoms with Crippen LogP contribution < -0.4 is 0 Å². The number of aliphatic hydroxyl groups is 1. The first-order chi connectivity index (χ1) is 10.7. The van der Waals surface area contributed by atoms with Gasteiger partial charge in [0, 0.05) is 45.3 Å². The molecule has 0 aromatic heterocycles. The summed E-state index contributed by atoms with van der Waals surface area (Å²) < 4.78 is 0. The Bertz CT molecular complexity index is 514. The minimum atomic E-state index is -0.130. The fourth-order valence-corrected chi connectivity index (χ4v) is 4.77. The number of benzene rings is 1. The van der Waals surface area contributed by atoms with Crippen LogP contribution in [0.3, 0.4) is 0 Å². The van der Waals surface area contributed by atoms with Gasteiger partial charge in [0.05, 0.1) is 11.6 Å². The number of nitrogens with zero attached hydrogens (tertiary/aromatic N) is 3. The molecule has 1 aromatic carbocycles. The van der Waals surface area contributed by atoms with E-state index in [0.717, 1.165) is 52.2 Å². The summed E-state index contributed by atoms with van der Waals surface area (Å²) in [6, 6.07) is 11.3. The predicted molar refractivity (Wildman–Crippen MR) is 87.7 cm³/mol. The van der Waals surface area contributed by atoms with Gasteiger partial charge in [0.1, 0.15) is 0 Å². The highest BCUT2D eigenvalue weighted by Gasteiger charge is 2.55. The van der Waals surface area contributed by atoms with Gasteiger partial charge >= 0.3 is 0 Å². The van der Waals surface area contributed by atoms with Gasteiger partial charge in [-0.1, -0.05) is 37.3 Å². The number of rotatable bonds is 3. The molecule has 2 atom stereocenters. The Morgan fingerprint density at radius 3 is 2.55 bits per heavy atom. The average Bonchev–Trinajstić information content (AvgIpc) is 2.85. The topological polar surface area (TPSA) is 30.0 Å². The molecule has 4 nitrogen and oxygen atoms in total. The van der Waals surface area contributed by atoms with Crippen LogP contribution in [0.25, 0.3) is 0 Å². The van der Waals surface area contributed by atoms with Crippen molar-refractivity contribution in [3.63, 3.8) is 0 Å². The van der Waals surface area contributed by atoms with Crippen molar-refractivity contribution in [3.8, 4) is 0 Å². The third-order valence-corrected chi connectivity index (χ3v) is 5.72. The van der Waals surface area contributed by atoms with Crippen molar-refractivity contribution in [2.75, 3.05) is 39.3 Å². The van der Waals surface area contributed by atoms with E-state index in [1.165, 1.54) is 5.56 Å². The molecule has 0 radical (unpaired) electrons. The Hall–Kier alpha value is -0.940. The number of likely N-dealkylation sites (tertiary alicyclic amines) is 1. The van der Waals surface area contributed by atoms with E-state index >= 15 is 0 Å². The maximum Gasteiger partial charge on any atom is 0.0682 e. The minimum Gasteiger partial charge on any atom is -0.392 e. The molecule has 4 heteroatoms. The summed E-state index contributed by atoms with van der Waals surface area (Å²) in [5.41, 5.74) is 1.68. The predicted octanol–water partition coefficient (Wildman–Crippen LogP) is 1.01. The number of β-amino-alcohol motifs (C(OH)–C–C–N with tert-alkyl or cyclic N) is 1. The molecule has 3 aliphatic heterocycles. The molecule has 22 heavy (non-hydrogen) atoms. The van der Waals surface area contributed by atoms with Gasteiger partial charge in [-0.2, -0.15) is 0 Å². The van der Waals surface area contributed by atoms with E-state index < -0.39 is 0 Å². The van der Waals surface area contributed by atoms with Crippen molar-refractivity contribution in [1.29, 1.82) is 0 Å². The van der Waals surface area contributed by atoms with Gasteiger partial charge in [0.15, 0.2) is 0 Å². The summed E-state index contributed by atoms with van der Waals surface area (Å²) in [6.07, 6.45) is 0.813. The summed E-state index contributed by atoms with van der Waals surface area (Å²) in [5.74, 6) is 0. The fourth-order valence-electron chi connectivity index (χ4n) is 4.77. The summed E-state index contributed by atoms with van der Waals surface area (Å²) in [5, 5.41) is 10.1. The molecule has 4 rings (SSSR count). The molecule has 1 N–H and O–H groups in total. The van der Waals surface area contributed by atoms with E-state index in [4.69, 9.17) is 0 Å². The van der Waals surface area contributed by atoms with Crippen LogP contribution >= 0.6 is 0 Å². The molecule has 0 saturated carbocycles. The second kappa shape index (κ2) is 5.60. The Kier molecular flexibility index (Phi) is 3.73. The van der Waals surface area contributed by atoms with Crippen molar-refractivity contribution in [3.05, 3.63) is 35.9 Å². The first-order valence-electron chi connectivity index (χ1n) is 8.62. The Balaban J connectivity index is 1.51. The van der Waals surface area contributed by atoms with Gasteiger partial charge in [0.25, 0.3) is 0 Å².